The summed E-state index contributed by atoms with van der Waals surface area (Å²) in [6, 6.07) is 0. The number of anilines is 1. The van der Waals surface area contributed by atoms with Crippen LogP contribution in [0.2, 0.25) is 5.15 Å². The zero-order valence-electron chi connectivity index (χ0n) is 9.71. The van der Waals surface area contributed by atoms with Crippen molar-refractivity contribution in [1.29, 1.82) is 0 Å². The first-order chi connectivity index (χ1) is 6.89. The standard InChI is InChI=1S/C11H18ClN3/c1-8(11(2,3)4)5-14-10-7-13-9(12)6-15-10/h6-8H,5H2,1-4H3,(H,14,15). The molecule has 0 saturated carbocycles. The van der Waals surface area contributed by atoms with Crippen LogP contribution in [-0.4, -0.2) is 16.5 Å². The van der Waals surface area contributed by atoms with Crippen LogP contribution in [0.25, 0.3) is 0 Å². The second kappa shape index (κ2) is 4.79. The normalized spacial score (nSPS) is 13.7. The van der Waals surface area contributed by atoms with Gasteiger partial charge in [-0.3, -0.25) is 0 Å². The lowest BCUT2D eigenvalue weighted by Gasteiger charge is -2.27. The first-order valence-electron chi connectivity index (χ1n) is 5.11. The van der Waals surface area contributed by atoms with Crippen LogP contribution in [-0.2, 0) is 0 Å². The average Bonchev–Trinajstić information content (AvgIpc) is 2.15. The van der Waals surface area contributed by atoms with Crippen molar-refractivity contribution in [2.45, 2.75) is 27.7 Å². The van der Waals surface area contributed by atoms with E-state index in [9.17, 15) is 0 Å². The molecule has 4 heteroatoms. The molecule has 84 valence electrons. The minimum absolute atomic E-state index is 0.298. The average molecular weight is 228 g/mol. The van der Waals surface area contributed by atoms with E-state index in [-0.39, 0.29) is 0 Å². The lowest BCUT2D eigenvalue weighted by molar-refractivity contribution is 0.274. The molecule has 0 aromatic carbocycles. The van der Waals surface area contributed by atoms with E-state index in [2.05, 4.69) is 43.0 Å². The predicted octanol–water partition coefficient (Wildman–Crippen LogP) is 3.22. The van der Waals surface area contributed by atoms with E-state index in [1.165, 1.54) is 0 Å². The number of hydrogen-bond donors (Lipinski definition) is 1. The molecule has 15 heavy (non-hydrogen) atoms. The Morgan fingerprint density at radius 2 is 2.00 bits per heavy atom. The summed E-state index contributed by atoms with van der Waals surface area (Å²) in [5, 5.41) is 3.67. The summed E-state index contributed by atoms with van der Waals surface area (Å²) < 4.78 is 0. The van der Waals surface area contributed by atoms with Gasteiger partial charge in [0, 0.05) is 6.54 Å². The molecule has 0 spiro atoms. The summed E-state index contributed by atoms with van der Waals surface area (Å²) in [6.45, 7) is 9.79. The molecule has 0 bridgehead atoms. The van der Waals surface area contributed by atoms with E-state index in [1.807, 2.05) is 0 Å². The van der Waals surface area contributed by atoms with Gasteiger partial charge in [0.05, 0.1) is 12.4 Å². The molecular formula is C11H18ClN3. The molecule has 3 nitrogen and oxygen atoms in total. The highest BCUT2D eigenvalue weighted by Crippen LogP contribution is 2.25. The predicted molar refractivity (Wildman–Crippen MR) is 64.2 cm³/mol. The summed E-state index contributed by atoms with van der Waals surface area (Å²) in [5.41, 5.74) is 0.298. The van der Waals surface area contributed by atoms with Crippen molar-refractivity contribution in [3.8, 4) is 0 Å². The molecule has 1 N–H and O–H groups in total. The Morgan fingerprint density at radius 1 is 1.33 bits per heavy atom. The Kier molecular flexibility index (Phi) is 3.91. The minimum Gasteiger partial charge on any atom is -0.369 e. The van der Waals surface area contributed by atoms with Crippen molar-refractivity contribution in [2.24, 2.45) is 11.3 Å². The molecule has 1 atom stereocenters. The number of rotatable bonds is 3. The van der Waals surface area contributed by atoms with Gasteiger partial charge in [0.25, 0.3) is 0 Å². The van der Waals surface area contributed by atoms with Gasteiger partial charge in [0.2, 0.25) is 0 Å². The van der Waals surface area contributed by atoms with Gasteiger partial charge in [0.1, 0.15) is 11.0 Å². The monoisotopic (exact) mass is 227 g/mol. The summed E-state index contributed by atoms with van der Waals surface area (Å²) in [7, 11) is 0. The van der Waals surface area contributed by atoms with Crippen LogP contribution in [0, 0.1) is 11.3 Å². The molecular weight excluding hydrogens is 210 g/mol. The molecule has 1 heterocycles. The maximum atomic E-state index is 5.65. The Bertz CT molecular complexity index is 303. The number of nitrogens with zero attached hydrogens (tertiary/aromatic N) is 2. The van der Waals surface area contributed by atoms with Crippen LogP contribution in [0.4, 0.5) is 5.82 Å². The Morgan fingerprint density at radius 3 is 2.47 bits per heavy atom. The van der Waals surface area contributed by atoms with Crippen LogP contribution < -0.4 is 5.32 Å². The van der Waals surface area contributed by atoms with Crippen molar-refractivity contribution in [2.75, 3.05) is 11.9 Å². The van der Waals surface area contributed by atoms with Gasteiger partial charge in [-0.1, -0.05) is 39.3 Å². The number of halogens is 1. The quantitative estimate of drug-likeness (QED) is 0.862. The molecule has 0 amide bonds. The third-order valence-electron chi connectivity index (χ3n) is 2.69. The van der Waals surface area contributed by atoms with Crippen LogP contribution in [0.5, 0.6) is 0 Å². The van der Waals surface area contributed by atoms with E-state index in [0.717, 1.165) is 12.4 Å². The number of nitrogens with one attached hydrogen (secondary N) is 1. The topological polar surface area (TPSA) is 37.8 Å². The first kappa shape index (κ1) is 12.2. The van der Waals surface area contributed by atoms with Crippen LogP contribution in [0.3, 0.4) is 0 Å². The molecule has 0 saturated heterocycles. The van der Waals surface area contributed by atoms with Gasteiger partial charge in [-0.25, -0.2) is 9.97 Å². The van der Waals surface area contributed by atoms with E-state index in [1.54, 1.807) is 12.4 Å². The lowest BCUT2D eigenvalue weighted by atomic mass is 9.82. The third kappa shape index (κ3) is 4.04. The SMILES string of the molecule is CC(CNc1cnc(Cl)cn1)C(C)(C)C. The highest BCUT2D eigenvalue weighted by atomic mass is 35.5. The Labute approximate surface area is 96.3 Å². The molecule has 0 aliphatic rings. The van der Waals surface area contributed by atoms with E-state index >= 15 is 0 Å². The Balaban J connectivity index is 2.47. The second-order valence-corrected chi connectivity index (χ2v) is 5.26. The molecule has 1 unspecified atom stereocenters. The maximum Gasteiger partial charge on any atom is 0.147 e. The van der Waals surface area contributed by atoms with Crippen LogP contribution in [0.1, 0.15) is 27.7 Å². The van der Waals surface area contributed by atoms with Crippen molar-refractivity contribution in [3.05, 3.63) is 17.5 Å². The van der Waals surface area contributed by atoms with Crippen molar-refractivity contribution in [1.82, 2.24) is 9.97 Å². The highest BCUT2D eigenvalue weighted by molar-refractivity contribution is 6.29. The Hall–Kier alpha value is -0.830. The fraction of sp³-hybridized carbons (Fsp3) is 0.636. The highest BCUT2D eigenvalue weighted by Gasteiger charge is 2.19. The zero-order chi connectivity index (χ0) is 11.5. The van der Waals surface area contributed by atoms with Crippen molar-refractivity contribution >= 4 is 17.4 Å². The molecule has 1 aromatic heterocycles. The number of hydrogen-bond acceptors (Lipinski definition) is 3. The summed E-state index contributed by atoms with van der Waals surface area (Å²) in [4.78, 5) is 8.09. The molecule has 0 radical (unpaired) electrons. The first-order valence-corrected chi connectivity index (χ1v) is 5.49. The van der Waals surface area contributed by atoms with Gasteiger partial charge < -0.3 is 5.32 Å². The molecule has 0 fully saturated rings. The van der Waals surface area contributed by atoms with Crippen LogP contribution >= 0.6 is 11.6 Å². The maximum absolute atomic E-state index is 5.65. The summed E-state index contributed by atoms with van der Waals surface area (Å²) >= 11 is 5.65. The van der Waals surface area contributed by atoms with Crippen molar-refractivity contribution in [3.63, 3.8) is 0 Å². The van der Waals surface area contributed by atoms with Gasteiger partial charge in [-0.15, -0.1) is 0 Å². The fourth-order valence-corrected chi connectivity index (χ4v) is 1.07. The van der Waals surface area contributed by atoms with E-state index in [0.29, 0.717) is 16.5 Å². The van der Waals surface area contributed by atoms with Gasteiger partial charge >= 0.3 is 0 Å². The molecule has 1 aromatic rings. The number of aromatic nitrogens is 2. The molecule has 0 aliphatic heterocycles. The second-order valence-electron chi connectivity index (χ2n) is 4.87. The third-order valence-corrected chi connectivity index (χ3v) is 2.88. The van der Waals surface area contributed by atoms with Gasteiger partial charge in [-0.2, -0.15) is 0 Å². The lowest BCUT2D eigenvalue weighted by Crippen LogP contribution is -2.25. The molecule has 0 aliphatic carbocycles. The van der Waals surface area contributed by atoms with E-state index < -0.39 is 0 Å². The summed E-state index contributed by atoms with van der Waals surface area (Å²) in [5.74, 6) is 1.34. The smallest absolute Gasteiger partial charge is 0.147 e. The molecule has 1 rings (SSSR count). The van der Waals surface area contributed by atoms with Gasteiger partial charge in [0.15, 0.2) is 0 Å². The minimum atomic E-state index is 0.298. The fourth-order valence-electron chi connectivity index (χ4n) is 0.967. The van der Waals surface area contributed by atoms with Crippen LogP contribution in [0.15, 0.2) is 12.4 Å². The van der Waals surface area contributed by atoms with Crippen molar-refractivity contribution < 1.29 is 0 Å². The van der Waals surface area contributed by atoms with E-state index in [4.69, 9.17) is 11.6 Å². The zero-order valence-corrected chi connectivity index (χ0v) is 10.5. The summed E-state index contributed by atoms with van der Waals surface area (Å²) in [6.07, 6.45) is 3.20. The van der Waals surface area contributed by atoms with Gasteiger partial charge in [-0.05, 0) is 11.3 Å². The largest absolute Gasteiger partial charge is 0.369 e.